The number of rotatable bonds is 0. The molecule has 0 spiro atoms. The Labute approximate surface area is 63.2 Å². The minimum atomic E-state index is 0.993. The molecule has 0 saturated carbocycles. The highest BCUT2D eigenvalue weighted by Gasteiger charge is 1.84. The SMILES string of the molecule is CC.CC1=NC=CC=CC1. The Bertz CT molecular complexity index is 152. The highest BCUT2D eigenvalue weighted by molar-refractivity contribution is 5.84. The molecule has 1 aliphatic rings. The van der Waals surface area contributed by atoms with Gasteiger partial charge < -0.3 is 0 Å². The van der Waals surface area contributed by atoms with Crippen LogP contribution >= 0.6 is 0 Å². The normalized spacial score (nSPS) is 14.9. The van der Waals surface area contributed by atoms with Gasteiger partial charge in [-0.2, -0.15) is 0 Å². The standard InChI is InChI=1S/C7H9N.C2H6/c1-7-5-3-2-4-6-8-7;1-2/h2-4,6H,5H2,1H3;1-2H3. The Morgan fingerprint density at radius 2 is 2.00 bits per heavy atom. The van der Waals surface area contributed by atoms with E-state index in [1.807, 2.05) is 39.1 Å². The van der Waals surface area contributed by atoms with Crippen molar-refractivity contribution in [1.29, 1.82) is 0 Å². The van der Waals surface area contributed by atoms with Crippen molar-refractivity contribution in [3.8, 4) is 0 Å². The molecule has 0 aromatic heterocycles. The first-order valence-corrected chi connectivity index (χ1v) is 3.74. The van der Waals surface area contributed by atoms with E-state index in [1.165, 1.54) is 5.71 Å². The highest BCUT2D eigenvalue weighted by Crippen LogP contribution is 1.94. The van der Waals surface area contributed by atoms with Crippen LogP contribution in [0.15, 0.2) is 29.4 Å². The Morgan fingerprint density at radius 3 is 2.70 bits per heavy atom. The summed E-state index contributed by atoms with van der Waals surface area (Å²) in [5.74, 6) is 0. The number of hydrogen-bond donors (Lipinski definition) is 0. The van der Waals surface area contributed by atoms with Gasteiger partial charge in [-0.15, -0.1) is 0 Å². The zero-order valence-corrected chi connectivity index (χ0v) is 6.96. The van der Waals surface area contributed by atoms with Gasteiger partial charge in [-0.1, -0.05) is 26.0 Å². The number of allylic oxidation sites excluding steroid dienone is 3. The molecule has 0 atom stereocenters. The minimum Gasteiger partial charge on any atom is -0.266 e. The van der Waals surface area contributed by atoms with Crippen LogP contribution in [0.4, 0.5) is 0 Å². The lowest BCUT2D eigenvalue weighted by Crippen LogP contribution is -1.83. The third-order valence-electron chi connectivity index (χ3n) is 1.04. The van der Waals surface area contributed by atoms with Crippen molar-refractivity contribution in [2.45, 2.75) is 27.2 Å². The molecular weight excluding hydrogens is 122 g/mol. The summed E-state index contributed by atoms with van der Waals surface area (Å²) in [5.41, 5.74) is 1.18. The van der Waals surface area contributed by atoms with Crippen molar-refractivity contribution in [1.82, 2.24) is 0 Å². The third kappa shape index (κ3) is 4.07. The second kappa shape index (κ2) is 6.27. The van der Waals surface area contributed by atoms with Gasteiger partial charge in [0.1, 0.15) is 0 Å². The van der Waals surface area contributed by atoms with Crippen molar-refractivity contribution < 1.29 is 0 Å². The molecule has 0 fully saturated rings. The molecule has 0 radical (unpaired) electrons. The smallest absolute Gasteiger partial charge is 0.0267 e. The molecule has 0 N–H and O–H groups in total. The first-order valence-electron chi connectivity index (χ1n) is 3.74. The number of nitrogens with zero attached hydrogens (tertiary/aromatic N) is 1. The van der Waals surface area contributed by atoms with Crippen LogP contribution in [0.3, 0.4) is 0 Å². The summed E-state index contributed by atoms with van der Waals surface area (Å²) < 4.78 is 0. The molecule has 10 heavy (non-hydrogen) atoms. The predicted molar refractivity (Wildman–Crippen MR) is 47.4 cm³/mol. The Morgan fingerprint density at radius 1 is 1.30 bits per heavy atom. The summed E-state index contributed by atoms with van der Waals surface area (Å²) in [6.07, 6.45) is 8.87. The molecule has 0 aromatic carbocycles. The molecule has 1 nitrogen and oxygen atoms in total. The fourth-order valence-electron chi connectivity index (χ4n) is 0.590. The molecule has 1 aliphatic heterocycles. The topological polar surface area (TPSA) is 12.4 Å². The fourth-order valence-corrected chi connectivity index (χ4v) is 0.590. The van der Waals surface area contributed by atoms with E-state index >= 15 is 0 Å². The quantitative estimate of drug-likeness (QED) is 0.486. The van der Waals surface area contributed by atoms with Gasteiger partial charge in [0.05, 0.1) is 0 Å². The molecule has 0 amide bonds. The van der Waals surface area contributed by atoms with Gasteiger partial charge in [0.2, 0.25) is 0 Å². The lowest BCUT2D eigenvalue weighted by molar-refractivity contribution is 1.41. The van der Waals surface area contributed by atoms with Gasteiger partial charge in [-0.25, -0.2) is 0 Å². The molecule has 1 rings (SSSR count). The van der Waals surface area contributed by atoms with Crippen LogP contribution in [0.25, 0.3) is 0 Å². The number of hydrogen-bond acceptors (Lipinski definition) is 1. The zero-order valence-electron chi connectivity index (χ0n) is 6.96. The highest BCUT2D eigenvalue weighted by atomic mass is 14.7. The van der Waals surface area contributed by atoms with Crippen molar-refractivity contribution >= 4 is 5.71 Å². The van der Waals surface area contributed by atoms with Crippen molar-refractivity contribution in [2.75, 3.05) is 0 Å². The average molecular weight is 137 g/mol. The molecule has 56 valence electrons. The van der Waals surface area contributed by atoms with E-state index in [4.69, 9.17) is 0 Å². The Kier molecular flexibility index (Phi) is 5.74. The molecule has 0 aromatic rings. The van der Waals surface area contributed by atoms with E-state index in [9.17, 15) is 0 Å². The van der Waals surface area contributed by atoms with Gasteiger partial charge in [-0.05, 0) is 13.0 Å². The lowest BCUT2D eigenvalue weighted by Gasteiger charge is -1.85. The lowest BCUT2D eigenvalue weighted by atomic mass is 10.3. The van der Waals surface area contributed by atoms with Crippen LogP contribution in [0.5, 0.6) is 0 Å². The van der Waals surface area contributed by atoms with Gasteiger partial charge in [0.15, 0.2) is 0 Å². The van der Waals surface area contributed by atoms with E-state index in [0.717, 1.165) is 6.42 Å². The van der Waals surface area contributed by atoms with Crippen molar-refractivity contribution in [3.63, 3.8) is 0 Å². The summed E-state index contributed by atoms with van der Waals surface area (Å²) in [6, 6.07) is 0. The van der Waals surface area contributed by atoms with E-state index in [0.29, 0.717) is 0 Å². The molecule has 1 heterocycles. The largest absolute Gasteiger partial charge is 0.266 e. The monoisotopic (exact) mass is 137 g/mol. The second-order valence-electron chi connectivity index (χ2n) is 1.84. The molecule has 0 unspecified atom stereocenters. The van der Waals surface area contributed by atoms with Crippen LogP contribution in [-0.4, -0.2) is 5.71 Å². The molecule has 0 bridgehead atoms. The maximum Gasteiger partial charge on any atom is 0.0267 e. The third-order valence-corrected chi connectivity index (χ3v) is 1.04. The Balaban J connectivity index is 0.000000371. The van der Waals surface area contributed by atoms with Gasteiger partial charge in [0.25, 0.3) is 0 Å². The van der Waals surface area contributed by atoms with Crippen LogP contribution < -0.4 is 0 Å². The maximum absolute atomic E-state index is 4.10. The van der Waals surface area contributed by atoms with Crippen LogP contribution in [0.2, 0.25) is 0 Å². The minimum absolute atomic E-state index is 0.993. The summed E-state index contributed by atoms with van der Waals surface area (Å²) in [4.78, 5) is 4.10. The van der Waals surface area contributed by atoms with Crippen LogP contribution in [0.1, 0.15) is 27.2 Å². The van der Waals surface area contributed by atoms with Gasteiger partial charge >= 0.3 is 0 Å². The van der Waals surface area contributed by atoms with Crippen molar-refractivity contribution in [3.05, 3.63) is 24.4 Å². The molecule has 0 aliphatic carbocycles. The second-order valence-corrected chi connectivity index (χ2v) is 1.84. The summed E-state index contributed by atoms with van der Waals surface area (Å²) in [7, 11) is 0. The van der Waals surface area contributed by atoms with Crippen LogP contribution in [0, 0.1) is 0 Å². The Hall–Kier alpha value is -0.850. The first-order chi connectivity index (χ1) is 4.89. The van der Waals surface area contributed by atoms with E-state index < -0.39 is 0 Å². The first kappa shape index (κ1) is 9.15. The fraction of sp³-hybridized carbons (Fsp3) is 0.444. The number of aliphatic imine (C=N–C) groups is 1. The molecule has 0 saturated heterocycles. The van der Waals surface area contributed by atoms with Crippen molar-refractivity contribution in [2.24, 2.45) is 4.99 Å². The summed E-state index contributed by atoms with van der Waals surface area (Å²) in [6.45, 7) is 6.03. The molecule has 1 heteroatoms. The van der Waals surface area contributed by atoms with E-state index in [2.05, 4.69) is 11.1 Å². The van der Waals surface area contributed by atoms with E-state index in [1.54, 1.807) is 0 Å². The van der Waals surface area contributed by atoms with Gasteiger partial charge in [0, 0.05) is 18.3 Å². The molecular formula is C9H15N. The van der Waals surface area contributed by atoms with E-state index in [-0.39, 0.29) is 0 Å². The summed E-state index contributed by atoms with van der Waals surface area (Å²) in [5, 5.41) is 0. The van der Waals surface area contributed by atoms with Crippen LogP contribution in [-0.2, 0) is 0 Å². The van der Waals surface area contributed by atoms with Gasteiger partial charge in [-0.3, -0.25) is 4.99 Å². The summed E-state index contributed by atoms with van der Waals surface area (Å²) >= 11 is 0. The average Bonchev–Trinajstić information content (AvgIpc) is 2.21. The maximum atomic E-state index is 4.10. The predicted octanol–water partition coefficient (Wildman–Crippen LogP) is 2.95. The zero-order chi connectivity index (χ0) is 7.82.